The highest BCUT2D eigenvalue weighted by Gasteiger charge is 1.96. The van der Waals surface area contributed by atoms with Crippen LogP contribution in [0.5, 0.6) is 5.75 Å². The summed E-state index contributed by atoms with van der Waals surface area (Å²) in [6.45, 7) is 3.01. The van der Waals surface area contributed by atoms with E-state index in [9.17, 15) is 0 Å². The van der Waals surface area contributed by atoms with Crippen molar-refractivity contribution in [2.75, 3.05) is 13.2 Å². The Morgan fingerprint density at radius 2 is 2.14 bits per heavy atom. The fourth-order valence-corrected chi connectivity index (χ4v) is 0.992. The van der Waals surface area contributed by atoms with Crippen LogP contribution in [0, 0.1) is 0 Å². The third kappa shape index (κ3) is 3.45. The standard InChI is InChI=1S/C10H15N3O/c1-2-12-10(13-11)8-14-9-6-4-3-5-7-9/h3-7H,2,8,11H2,1H3,(H,12,13). The van der Waals surface area contributed by atoms with Crippen LogP contribution < -0.4 is 16.0 Å². The second-order valence-electron chi connectivity index (χ2n) is 2.67. The first-order valence-electron chi connectivity index (χ1n) is 4.54. The van der Waals surface area contributed by atoms with Crippen LogP contribution in [-0.2, 0) is 0 Å². The molecule has 0 fully saturated rings. The number of rotatable bonds is 4. The lowest BCUT2D eigenvalue weighted by molar-refractivity contribution is 0.372. The van der Waals surface area contributed by atoms with Crippen molar-refractivity contribution >= 4 is 5.84 Å². The summed E-state index contributed by atoms with van der Waals surface area (Å²) in [6, 6.07) is 9.55. The maximum atomic E-state index is 5.44. The van der Waals surface area contributed by atoms with Gasteiger partial charge in [-0.1, -0.05) is 18.2 Å². The van der Waals surface area contributed by atoms with Crippen LogP contribution in [0.15, 0.2) is 35.3 Å². The summed E-state index contributed by atoms with van der Waals surface area (Å²) in [5, 5.41) is 0. The van der Waals surface area contributed by atoms with E-state index in [0.29, 0.717) is 19.0 Å². The van der Waals surface area contributed by atoms with Gasteiger partial charge in [0.25, 0.3) is 0 Å². The second-order valence-corrected chi connectivity index (χ2v) is 2.67. The second kappa shape index (κ2) is 5.99. The molecule has 76 valence electrons. The number of nitrogens with one attached hydrogen (secondary N) is 1. The van der Waals surface area contributed by atoms with Crippen LogP contribution in [0.25, 0.3) is 0 Å². The van der Waals surface area contributed by atoms with Crippen molar-refractivity contribution in [3.63, 3.8) is 0 Å². The van der Waals surface area contributed by atoms with Gasteiger partial charge in [0.15, 0.2) is 0 Å². The maximum Gasteiger partial charge on any atom is 0.149 e. The zero-order chi connectivity index (χ0) is 10.2. The molecule has 4 nitrogen and oxygen atoms in total. The Balaban J connectivity index is 2.44. The first kappa shape index (κ1) is 10.5. The molecule has 0 aliphatic carbocycles. The molecular weight excluding hydrogens is 178 g/mol. The van der Waals surface area contributed by atoms with E-state index in [0.717, 1.165) is 5.75 Å². The summed E-state index contributed by atoms with van der Waals surface area (Å²) in [5.41, 5.74) is 2.50. The Labute approximate surface area is 83.8 Å². The third-order valence-corrected chi connectivity index (χ3v) is 1.63. The summed E-state index contributed by atoms with van der Waals surface area (Å²) in [6.07, 6.45) is 0. The van der Waals surface area contributed by atoms with Gasteiger partial charge in [-0.25, -0.2) is 5.84 Å². The number of nitrogens with two attached hydrogens (primary N) is 1. The van der Waals surface area contributed by atoms with Crippen molar-refractivity contribution in [2.24, 2.45) is 10.8 Å². The van der Waals surface area contributed by atoms with Crippen molar-refractivity contribution in [1.29, 1.82) is 0 Å². The molecule has 0 spiro atoms. The normalized spacial score (nSPS) is 11.1. The maximum absolute atomic E-state index is 5.44. The van der Waals surface area contributed by atoms with Crippen LogP contribution in [0.4, 0.5) is 0 Å². The minimum atomic E-state index is 0.369. The highest BCUT2D eigenvalue weighted by atomic mass is 16.5. The van der Waals surface area contributed by atoms with Crippen molar-refractivity contribution in [2.45, 2.75) is 6.92 Å². The van der Waals surface area contributed by atoms with Crippen LogP contribution in [0.1, 0.15) is 6.92 Å². The van der Waals surface area contributed by atoms with E-state index in [4.69, 9.17) is 10.6 Å². The smallest absolute Gasteiger partial charge is 0.149 e. The Kier molecular flexibility index (Phi) is 4.50. The zero-order valence-electron chi connectivity index (χ0n) is 8.23. The number of aliphatic imine (C=N–C) groups is 1. The van der Waals surface area contributed by atoms with Gasteiger partial charge in [-0.15, -0.1) is 0 Å². The number of ether oxygens (including phenoxy) is 1. The predicted molar refractivity (Wildman–Crippen MR) is 57.2 cm³/mol. The summed E-state index contributed by atoms with van der Waals surface area (Å²) >= 11 is 0. The van der Waals surface area contributed by atoms with Gasteiger partial charge in [0.05, 0.1) is 0 Å². The van der Waals surface area contributed by atoms with Gasteiger partial charge in [0.1, 0.15) is 18.2 Å². The van der Waals surface area contributed by atoms with Gasteiger partial charge in [0.2, 0.25) is 0 Å². The van der Waals surface area contributed by atoms with E-state index in [1.165, 1.54) is 0 Å². The monoisotopic (exact) mass is 193 g/mol. The molecule has 1 aromatic carbocycles. The number of hydrogen-bond donors (Lipinski definition) is 2. The topological polar surface area (TPSA) is 59.6 Å². The molecule has 0 radical (unpaired) electrons. The van der Waals surface area contributed by atoms with E-state index in [-0.39, 0.29) is 0 Å². The average Bonchev–Trinajstić information content (AvgIpc) is 2.25. The number of hydrazine groups is 1. The highest BCUT2D eigenvalue weighted by Crippen LogP contribution is 2.07. The van der Waals surface area contributed by atoms with Crippen LogP contribution in [0.2, 0.25) is 0 Å². The predicted octanol–water partition coefficient (Wildman–Crippen LogP) is 0.947. The van der Waals surface area contributed by atoms with Crippen molar-refractivity contribution in [1.82, 2.24) is 5.43 Å². The third-order valence-electron chi connectivity index (χ3n) is 1.63. The van der Waals surface area contributed by atoms with E-state index < -0.39 is 0 Å². The van der Waals surface area contributed by atoms with E-state index in [2.05, 4.69) is 10.4 Å². The molecule has 1 rings (SSSR count). The molecule has 0 saturated carbocycles. The SMILES string of the molecule is CCN=C(COc1ccccc1)NN. The van der Waals surface area contributed by atoms with Crippen molar-refractivity contribution < 1.29 is 4.74 Å². The molecule has 0 unspecified atom stereocenters. The van der Waals surface area contributed by atoms with Crippen molar-refractivity contribution in [3.8, 4) is 5.75 Å². The highest BCUT2D eigenvalue weighted by molar-refractivity contribution is 5.83. The van der Waals surface area contributed by atoms with Crippen LogP contribution in [-0.4, -0.2) is 19.0 Å². The van der Waals surface area contributed by atoms with E-state index in [1.54, 1.807) is 0 Å². The van der Waals surface area contributed by atoms with Crippen LogP contribution in [0.3, 0.4) is 0 Å². The lowest BCUT2D eigenvalue weighted by Gasteiger charge is -2.07. The molecular formula is C10H15N3O. The Bertz CT molecular complexity index is 285. The minimum Gasteiger partial charge on any atom is -0.486 e. The van der Waals surface area contributed by atoms with Gasteiger partial charge < -0.3 is 10.2 Å². The number of benzene rings is 1. The Morgan fingerprint density at radius 3 is 2.71 bits per heavy atom. The summed E-state index contributed by atoms with van der Waals surface area (Å²) in [5.74, 6) is 6.72. The van der Waals surface area contributed by atoms with Gasteiger partial charge in [-0.3, -0.25) is 4.99 Å². The molecule has 14 heavy (non-hydrogen) atoms. The van der Waals surface area contributed by atoms with E-state index in [1.807, 2.05) is 37.3 Å². The molecule has 0 bridgehead atoms. The zero-order valence-corrected chi connectivity index (χ0v) is 8.23. The Hall–Kier alpha value is -1.55. The number of amidine groups is 1. The molecule has 0 amide bonds. The first-order valence-corrected chi connectivity index (χ1v) is 4.54. The van der Waals surface area contributed by atoms with Gasteiger partial charge in [-0.05, 0) is 19.1 Å². The van der Waals surface area contributed by atoms with Crippen molar-refractivity contribution in [3.05, 3.63) is 30.3 Å². The lowest BCUT2D eigenvalue weighted by atomic mass is 10.3. The summed E-state index contributed by atoms with van der Waals surface area (Å²) in [4.78, 5) is 4.11. The molecule has 0 aliphatic heterocycles. The number of para-hydroxylation sites is 1. The quantitative estimate of drug-likeness (QED) is 0.324. The number of nitrogens with zero attached hydrogens (tertiary/aromatic N) is 1. The van der Waals surface area contributed by atoms with Gasteiger partial charge in [0, 0.05) is 6.54 Å². The summed E-state index contributed by atoms with van der Waals surface area (Å²) in [7, 11) is 0. The van der Waals surface area contributed by atoms with E-state index >= 15 is 0 Å². The lowest BCUT2D eigenvalue weighted by Crippen LogP contribution is -2.35. The molecule has 0 saturated heterocycles. The molecule has 3 N–H and O–H groups in total. The first-order chi connectivity index (χ1) is 6.86. The molecule has 4 heteroatoms. The Morgan fingerprint density at radius 1 is 1.43 bits per heavy atom. The molecule has 0 aliphatic rings. The molecule has 0 aromatic heterocycles. The van der Waals surface area contributed by atoms with Crippen LogP contribution >= 0.6 is 0 Å². The molecule has 0 atom stereocenters. The molecule has 0 heterocycles. The molecule has 1 aromatic rings. The van der Waals surface area contributed by atoms with Gasteiger partial charge >= 0.3 is 0 Å². The van der Waals surface area contributed by atoms with Gasteiger partial charge in [-0.2, -0.15) is 0 Å². The fraction of sp³-hybridized carbons (Fsp3) is 0.300. The summed E-state index contributed by atoms with van der Waals surface area (Å²) < 4.78 is 5.44. The average molecular weight is 193 g/mol. The largest absolute Gasteiger partial charge is 0.486 e. The fourth-order valence-electron chi connectivity index (χ4n) is 0.992. The minimum absolute atomic E-state index is 0.369. The number of hydrogen-bond acceptors (Lipinski definition) is 3.